The minimum Gasteiger partial charge on any atom is -0.458 e. The van der Waals surface area contributed by atoms with Crippen molar-refractivity contribution in [2.45, 2.75) is 65.2 Å². The van der Waals surface area contributed by atoms with Crippen molar-refractivity contribution in [3.05, 3.63) is 17.5 Å². The van der Waals surface area contributed by atoms with Crippen LogP contribution in [-0.4, -0.2) is 34.5 Å². The number of carbonyl (C=O) groups excluding carboxylic acids is 2. The summed E-state index contributed by atoms with van der Waals surface area (Å²) in [5.74, 6) is -0.360. The van der Waals surface area contributed by atoms with Gasteiger partial charge in [-0.2, -0.15) is 5.26 Å². The Kier molecular flexibility index (Phi) is 5.96. The van der Waals surface area contributed by atoms with E-state index in [0.29, 0.717) is 0 Å². The van der Waals surface area contributed by atoms with Gasteiger partial charge in [0.15, 0.2) is 5.69 Å². The normalized spacial score (nSPS) is 12.9. The molecule has 0 spiro atoms. The van der Waals surface area contributed by atoms with Crippen LogP contribution >= 0.6 is 0 Å². The topological polar surface area (TPSA) is 114 Å². The van der Waals surface area contributed by atoms with E-state index in [1.807, 2.05) is 6.07 Å². The molecule has 0 aromatic carbocycles. The molecule has 1 rings (SSSR count). The molecule has 1 aromatic rings. The first-order chi connectivity index (χ1) is 10.9. The van der Waals surface area contributed by atoms with E-state index in [2.05, 4.69) is 10.5 Å². The maximum atomic E-state index is 12.3. The molecule has 0 aliphatic carbocycles. The summed E-state index contributed by atoms with van der Waals surface area (Å²) in [6, 6.07) is 2.19. The van der Waals surface area contributed by atoms with Gasteiger partial charge in [-0.1, -0.05) is 5.16 Å². The zero-order valence-corrected chi connectivity index (χ0v) is 14.8. The highest BCUT2D eigenvalue weighted by atomic mass is 16.6. The van der Waals surface area contributed by atoms with Gasteiger partial charge in [-0.25, -0.2) is 9.59 Å². The standard InChI is InChI=1S/C16H23N3O5/c1-15(2,3)22-13(20)12(18-14(21)23-16(4,5)6)8-11-7-10(9-17)19-24-11/h7,12H,8H2,1-6H3,(H,18,21)/t12-/m0/s1. The lowest BCUT2D eigenvalue weighted by Crippen LogP contribution is -2.47. The van der Waals surface area contributed by atoms with Crippen molar-refractivity contribution in [3.63, 3.8) is 0 Å². The summed E-state index contributed by atoms with van der Waals surface area (Å²) in [5.41, 5.74) is -1.34. The Hall–Kier alpha value is -2.56. The molecule has 24 heavy (non-hydrogen) atoms. The van der Waals surface area contributed by atoms with Gasteiger partial charge in [0.05, 0.1) is 0 Å². The number of hydrogen-bond acceptors (Lipinski definition) is 7. The van der Waals surface area contributed by atoms with Crippen molar-refractivity contribution in [2.24, 2.45) is 0 Å². The molecule has 1 aromatic heterocycles. The largest absolute Gasteiger partial charge is 0.458 e. The van der Waals surface area contributed by atoms with Gasteiger partial charge < -0.3 is 19.3 Å². The number of ether oxygens (including phenoxy) is 2. The number of amides is 1. The van der Waals surface area contributed by atoms with Crippen molar-refractivity contribution >= 4 is 12.1 Å². The number of hydrogen-bond donors (Lipinski definition) is 1. The number of alkyl carbamates (subject to hydrolysis) is 1. The highest BCUT2D eigenvalue weighted by Crippen LogP contribution is 2.13. The summed E-state index contributed by atoms with van der Waals surface area (Å²) < 4.78 is 15.4. The molecule has 0 aliphatic heterocycles. The average molecular weight is 337 g/mol. The maximum Gasteiger partial charge on any atom is 0.408 e. The SMILES string of the molecule is CC(C)(C)OC(=O)N[C@@H](Cc1cc(C#N)no1)C(=O)OC(C)(C)C. The second-order valence-corrected chi connectivity index (χ2v) is 7.23. The zero-order valence-electron chi connectivity index (χ0n) is 14.8. The molecule has 8 nitrogen and oxygen atoms in total. The summed E-state index contributed by atoms with van der Waals surface area (Å²) >= 11 is 0. The van der Waals surface area contributed by atoms with Gasteiger partial charge in [0, 0.05) is 12.5 Å². The van der Waals surface area contributed by atoms with Crippen LogP contribution in [-0.2, 0) is 20.7 Å². The van der Waals surface area contributed by atoms with Gasteiger partial charge in [-0.15, -0.1) is 0 Å². The third-order valence-corrected chi connectivity index (χ3v) is 2.46. The Bertz CT molecular complexity index is 631. The smallest absolute Gasteiger partial charge is 0.408 e. The van der Waals surface area contributed by atoms with E-state index in [0.717, 1.165) is 0 Å². The first kappa shape index (κ1) is 19.5. The molecule has 1 N–H and O–H groups in total. The Labute approximate surface area is 141 Å². The van der Waals surface area contributed by atoms with Crippen molar-refractivity contribution in [1.82, 2.24) is 10.5 Å². The lowest BCUT2D eigenvalue weighted by atomic mass is 10.1. The van der Waals surface area contributed by atoms with Crippen LogP contribution in [0.4, 0.5) is 4.79 Å². The minimum absolute atomic E-state index is 0.0111. The molecular formula is C16H23N3O5. The maximum absolute atomic E-state index is 12.3. The predicted molar refractivity (Wildman–Crippen MR) is 83.9 cm³/mol. The van der Waals surface area contributed by atoms with Gasteiger partial charge in [0.1, 0.15) is 29.1 Å². The van der Waals surface area contributed by atoms with E-state index in [1.165, 1.54) is 6.07 Å². The van der Waals surface area contributed by atoms with Gasteiger partial charge in [0.25, 0.3) is 0 Å². The number of esters is 1. The van der Waals surface area contributed by atoms with Crippen LogP contribution in [0.25, 0.3) is 0 Å². The van der Waals surface area contributed by atoms with Gasteiger partial charge in [0.2, 0.25) is 0 Å². The number of nitrogens with zero attached hydrogens (tertiary/aromatic N) is 2. The third-order valence-electron chi connectivity index (χ3n) is 2.46. The monoisotopic (exact) mass is 337 g/mol. The molecule has 0 fully saturated rings. The minimum atomic E-state index is -1.03. The molecule has 0 unspecified atom stereocenters. The van der Waals surface area contributed by atoms with Crippen LogP contribution in [0, 0.1) is 11.3 Å². The quantitative estimate of drug-likeness (QED) is 0.838. The van der Waals surface area contributed by atoms with Crippen LogP contribution in [0.1, 0.15) is 53.0 Å². The summed E-state index contributed by atoms with van der Waals surface area (Å²) in [5, 5.41) is 14.8. The Morgan fingerprint density at radius 3 is 2.29 bits per heavy atom. The fourth-order valence-electron chi connectivity index (χ4n) is 1.68. The average Bonchev–Trinajstić information content (AvgIpc) is 2.81. The van der Waals surface area contributed by atoms with Gasteiger partial charge in [-0.05, 0) is 41.5 Å². The highest BCUT2D eigenvalue weighted by Gasteiger charge is 2.30. The van der Waals surface area contributed by atoms with E-state index in [9.17, 15) is 9.59 Å². The van der Waals surface area contributed by atoms with E-state index in [-0.39, 0.29) is 17.9 Å². The highest BCUT2D eigenvalue weighted by molar-refractivity contribution is 5.82. The number of nitriles is 1. The van der Waals surface area contributed by atoms with Crippen LogP contribution in [0.15, 0.2) is 10.6 Å². The second-order valence-electron chi connectivity index (χ2n) is 7.23. The summed E-state index contributed by atoms with van der Waals surface area (Å²) in [6.45, 7) is 10.3. The van der Waals surface area contributed by atoms with Crippen LogP contribution in [0.5, 0.6) is 0 Å². The van der Waals surface area contributed by atoms with Crippen LogP contribution < -0.4 is 5.32 Å². The second kappa shape index (κ2) is 7.34. The van der Waals surface area contributed by atoms with E-state index in [4.69, 9.17) is 19.3 Å². The first-order valence-corrected chi connectivity index (χ1v) is 7.48. The number of carbonyl (C=O) groups is 2. The molecule has 0 aliphatic rings. The molecule has 132 valence electrons. The Morgan fingerprint density at radius 2 is 1.83 bits per heavy atom. The molecule has 0 saturated carbocycles. The summed E-state index contributed by atoms with van der Waals surface area (Å²) in [6.07, 6.45) is -0.763. The molecule has 0 bridgehead atoms. The molecule has 0 radical (unpaired) electrons. The zero-order chi connectivity index (χ0) is 18.5. The molecule has 1 amide bonds. The summed E-state index contributed by atoms with van der Waals surface area (Å²) in [4.78, 5) is 24.3. The number of rotatable bonds is 4. The van der Waals surface area contributed by atoms with Crippen molar-refractivity contribution in [1.29, 1.82) is 5.26 Å². The van der Waals surface area contributed by atoms with Crippen LogP contribution in [0.3, 0.4) is 0 Å². The lowest BCUT2D eigenvalue weighted by Gasteiger charge is -2.25. The third kappa shape index (κ3) is 7.13. The van der Waals surface area contributed by atoms with Gasteiger partial charge in [-0.3, -0.25) is 0 Å². The van der Waals surface area contributed by atoms with Gasteiger partial charge >= 0.3 is 12.1 Å². The van der Waals surface area contributed by atoms with E-state index < -0.39 is 29.3 Å². The van der Waals surface area contributed by atoms with Crippen molar-refractivity contribution in [3.8, 4) is 6.07 Å². The molecule has 1 atom stereocenters. The molecule has 1 heterocycles. The van der Waals surface area contributed by atoms with Crippen molar-refractivity contribution in [2.75, 3.05) is 0 Å². The van der Waals surface area contributed by atoms with Crippen LogP contribution in [0.2, 0.25) is 0 Å². The predicted octanol–water partition coefficient (Wildman–Crippen LogP) is 2.32. The Morgan fingerprint density at radius 1 is 1.25 bits per heavy atom. The Balaban J connectivity index is 2.88. The van der Waals surface area contributed by atoms with Crippen molar-refractivity contribution < 1.29 is 23.6 Å². The van der Waals surface area contributed by atoms with E-state index in [1.54, 1.807) is 41.5 Å². The molecule has 0 saturated heterocycles. The lowest BCUT2D eigenvalue weighted by molar-refractivity contribution is -0.157. The number of nitrogens with one attached hydrogen (secondary N) is 1. The van der Waals surface area contributed by atoms with E-state index >= 15 is 0 Å². The number of aromatic nitrogens is 1. The fourth-order valence-corrected chi connectivity index (χ4v) is 1.68. The molecular weight excluding hydrogens is 314 g/mol. The summed E-state index contributed by atoms with van der Waals surface area (Å²) in [7, 11) is 0. The fraction of sp³-hybridized carbons (Fsp3) is 0.625. The first-order valence-electron chi connectivity index (χ1n) is 7.48. The molecule has 8 heteroatoms.